The summed E-state index contributed by atoms with van der Waals surface area (Å²) in [5, 5.41) is 0. The van der Waals surface area contributed by atoms with Crippen LogP contribution >= 0.6 is 0 Å². The van der Waals surface area contributed by atoms with Crippen molar-refractivity contribution < 1.29 is 9.53 Å². The Morgan fingerprint density at radius 1 is 1.64 bits per heavy atom. The van der Waals surface area contributed by atoms with E-state index in [1.165, 1.54) is 0 Å². The zero-order valence-corrected chi connectivity index (χ0v) is 9.03. The summed E-state index contributed by atoms with van der Waals surface area (Å²) in [6.07, 6.45) is 1.62. The van der Waals surface area contributed by atoms with Crippen LogP contribution in [0.1, 0.15) is 26.7 Å². The molecule has 0 radical (unpaired) electrons. The zero-order chi connectivity index (χ0) is 10.6. The number of ether oxygens (including phenoxy) is 1. The highest BCUT2D eigenvalue weighted by molar-refractivity contribution is 5.68. The minimum absolute atomic E-state index is 0.0715. The molecule has 1 rings (SSSR count). The number of amides is 1. The molecule has 1 heterocycles. The monoisotopic (exact) mass is 200 g/mol. The molecule has 14 heavy (non-hydrogen) atoms. The van der Waals surface area contributed by atoms with Crippen LogP contribution in [0.2, 0.25) is 0 Å². The number of nitrogens with two attached hydrogens (primary N) is 1. The predicted octanol–water partition coefficient (Wildman–Crippen LogP) is 1.20. The predicted molar refractivity (Wildman–Crippen MR) is 55.0 cm³/mol. The minimum Gasteiger partial charge on any atom is -0.445 e. The summed E-state index contributed by atoms with van der Waals surface area (Å²) < 4.78 is 5.14. The summed E-state index contributed by atoms with van der Waals surface area (Å²) in [5.74, 6) is 0.620. The number of rotatable bonds is 4. The fraction of sp³-hybridized carbons (Fsp3) is 0.900. The Hall–Kier alpha value is -0.770. The number of cyclic esters (lactones) is 1. The van der Waals surface area contributed by atoms with Crippen LogP contribution in [0, 0.1) is 5.92 Å². The Balaban J connectivity index is 2.31. The second-order valence-corrected chi connectivity index (χ2v) is 4.20. The van der Waals surface area contributed by atoms with Gasteiger partial charge >= 0.3 is 6.09 Å². The molecular formula is C10H20N2O2. The number of hydrogen-bond acceptors (Lipinski definition) is 3. The van der Waals surface area contributed by atoms with Crippen molar-refractivity contribution in [3.63, 3.8) is 0 Å². The maximum atomic E-state index is 11.4. The highest BCUT2D eigenvalue weighted by Gasteiger charge is 2.25. The zero-order valence-electron chi connectivity index (χ0n) is 9.03. The SMILES string of the molecule is CC(C)CCN1CCC(CN)OC1=O. The Kier molecular flexibility index (Phi) is 4.20. The third kappa shape index (κ3) is 3.18. The van der Waals surface area contributed by atoms with E-state index in [4.69, 9.17) is 10.5 Å². The lowest BCUT2D eigenvalue weighted by Crippen LogP contribution is -2.44. The van der Waals surface area contributed by atoms with Crippen LogP contribution < -0.4 is 5.73 Å². The first-order valence-corrected chi connectivity index (χ1v) is 5.29. The molecular weight excluding hydrogens is 180 g/mol. The van der Waals surface area contributed by atoms with Gasteiger partial charge in [-0.25, -0.2) is 4.79 Å². The molecule has 4 heteroatoms. The molecule has 1 aliphatic rings. The Labute approximate surface area is 85.4 Å². The van der Waals surface area contributed by atoms with Crippen molar-refractivity contribution in [3.8, 4) is 0 Å². The molecule has 1 unspecified atom stereocenters. The van der Waals surface area contributed by atoms with Gasteiger partial charge in [-0.3, -0.25) is 0 Å². The molecule has 2 N–H and O–H groups in total. The van der Waals surface area contributed by atoms with E-state index in [0.29, 0.717) is 12.5 Å². The van der Waals surface area contributed by atoms with E-state index < -0.39 is 0 Å². The van der Waals surface area contributed by atoms with E-state index >= 15 is 0 Å². The van der Waals surface area contributed by atoms with Crippen LogP contribution in [-0.2, 0) is 4.74 Å². The van der Waals surface area contributed by atoms with E-state index in [9.17, 15) is 4.79 Å². The highest BCUT2D eigenvalue weighted by atomic mass is 16.6. The van der Waals surface area contributed by atoms with Gasteiger partial charge in [-0.2, -0.15) is 0 Å². The first-order valence-electron chi connectivity index (χ1n) is 5.29. The first-order chi connectivity index (χ1) is 6.63. The van der Waals surface area contributed by atoms with Crippen molar-refractivity contribution in [2.75, 3.05) is 19.6 Å². The number of carbonyl (C=O) groups excluding carboxylic acids is 1. The van der Waals surface area contributed by atoms with Gasteiger partial charge in [0.25, 0.3) is 0 Å². The molecule has 0 bridgehead atoms. The summed E-state index contributed by atoms with van der Waals surface area (Å²) in [6.45, 7) is 6.32. The molecule has 0 aliphatic carbocycles. The lowest BCUT2D eigenvalue weighted by atomic mass is 10.1. The standard InChI is InChI=1S/C10H20N2O2/c1-8(2)3-5-12-6-4-9(7-11)14-10(12)13/h8-9H,3-7,11H2,1-2H3. The summed E-state index contributed by atoms with van der Waals surface area (Å²) in [5.41, 5.74) is 5.44. The van der Waals surface area contributed by atoms with Crippen molar-refractivity contribution in [2.45, 2.75) is 32.8 Å². The molecule has 1 saturated heterocycles. The van der Waals surface area contributed by atoms with Gasteiger partial charge in [0.15, 0.2) is 0 Å². The molecule has 0 aromatic heterocycles. The van der Waals surface area contributed by atoms with Gasteiger partial charge < -0.3 is 15.4 Å². The van der Waals surface area contributed by atoms with Crippen molar-refractivity contribution in [1.29, 1.82) is 0 Å². The van der Waals surface area contributed by atoms with E-state index in [1.807, 2.05) is 0 Å². The van der Waals surface area contributed by atoms with Crippen LogP contribution in [0.3, 0.4) is 0 Å². The van der Waals surface area contributed by atoms with E-state index in [0.717, 1.165) is 25.9 Å². The van der Waals surface area contributed by atoms with E-state index in [1.54, 1.807) is 4.90 Å². The fourth-order valence-electron chi connectivity index (χ4n) is 1.45. The second-order valence-electron chi connectivity index (χ2n) is 4.20. The summed E-state index contributed by atoms with van der Waals surface area (Å²) in [7, 11) is 0. The quantitative estimate of drug-likeness (QED) is 0.742. The maximum Gasteiger partial charge on any atom is 0.410 e. The molecule has 4 nitrogen and oxygen atoms in total. The van der Waals surface area contributed by atoms with Gasteiger partial charge in [0.2, 0.25) is 0 Å². The summed E-state index contributed by atoms with van der Waals surface area (Å²) >= 11 is 0. The third-order valence-electron chi connectivity index (χ3n) is 2.49. The first kappa shape index (κ1) is 11.3. The largest absolute Gasteiger partial charge is 0.445 e. The Bertz CT molecular complexity index is 195. The van der Waals surface area contributed by atoms with Crippen molar-refractivity contribution in [3.05, 3.63) is 0 Å². The van der Waals surface area contributed by atoms with Gasteiger partial charge in [-0.1, -0.05) is 13.8 Å². The van der Waals surface area contributed by atoms with Gasteiger partial charge in [-0.05, 0) is 12.3 Å². The highest BCUT2D eigenvalue weighted by Crippen LogP contribution is 2.12. The van der Waals surface area contributed by atoms with Crippen LogP contribution in [0.5, 0.6) is 0 Å². The average Bonchev–Trinajstić information content (AvgIpc) is 2.15. The van der Waals surface area contributed by atoms with Crippen LogP contribution in [0.25, 0.3) is 0 Å². The molecule has 1 aliphatic heterocycles. The van der Waals surface area contributed by atoms with E-state index in [-0.39, 0.29) is 12.2 Å². The smallest absolute Gasteiger partial charge is 0.410 e. The molecule has 0 spiro atoms. The van der Waals surface area contributed by atoms with Crippen LogP contribution in [0.4, 0.5) is 4.79 Å². The Morgan fingerprint density at radius 2 is 2.36 bits per heavy atom. The minimum atomic E-state index is -0.202. The normalized spacial score (nSPS) is 22.7. The van der Waals surface area contributed by atoms with Gasteiger partial charge in [0, 0.05) is 26.1 Å². The molecule has 0 saturated carbocycles. The van der Waals surface area contributed by atoms with E-state index in [2.05, 4.69) is 13.8 Å². The second kappa shape index (κ2) is 5.20. The Morgan fingerprint density at radius 3 is 2.86 bits per heavy atom. The molecule has 82 valence electrons. The summed E-state index contributed by atoms with van der Waals surface area (Å²) in [6, 6.07) is 0. The number of hydrogen-bond donors (Lipinski definition) is 1. The van der Waals surface area contributed by atoms with Gasteiger partial charge in [-0.15, -0.1) is 0 Å². The molecule has 0 aromatic rings. The van der Waals surface area contributed by atoms with Crippen molar-refractivity contribution in [1.82, 2.24) is 4.90 Å². The van der Waals surface area contributed by atoms with Crippen LogP contribution in [0.15, 0.2) is 0 Å². The number of nitrogens with zero attached hydrogens (tertiary/aromatic N) is 1. The molecule has 0 aromatic carbocycles. The lowest BCUT2D eigenvalue weighted by molar-refractivity contribution is 0.0278. The molecule has 1 fully saturated rings. The summed E-state index contributed by atoms with van der Waals surface area (Å²) in [4.78, 5) is 13.2. The third-order valence-corrected chi connectivity index (χ3v) is 2.49. The van der Waals surface area contributed by atoms with Crippen molar-refractivity contribution >= 4 is 6.09 Å². The molecule has 1 atom stereocenters. The average molecular weight is 200 g/mol. The van der Waals surface area contributed by atoms with Crippen molar-refractivity contribution in [2.24, 2.45) is 11.7 Å². The number of carbonyl (C=O) groups is 1. The van der Waals surface area contributed by atoms with Gasteiger partial charge in [0.05, 0.1) is 0 Å². The maximum absolute atomic E-state index is 11.4. The fourth-order valence-corrected chi connectivity index (χ4v) is 1.45. The van der Waals surface area contributed by atoms with Gasteiger partial charge in [0.1, 0.15) is 6.10 Å². The molecule has 1 amide bonds. The topological polar surface area (TPSA) is 55.6 Å². The lowest BCUT2D eigenvalue weighted by Gasteiger charge is -2.31. The van der Waals surface area contributed by atoms with Crippen LogP contribution in [-0.4, -0.2) is 36.7 Å².